The number of rotatable bonds is 8. The Morgan fingerprint density at radius 2 is 1.62 bits per heavy atom. The molecule has 0 spiro atoms. The molecule has 0 aromatic heterocycles. The van der Waals surface area contributed by atoms with Gasteiger partial charge in [0, 0.05) is 18.9 Å². The Balaban J connectivity index is 2.98. The second-order valence-corrected chi connectivity index (χ2v) is 5.68. The Morgan fingerprint density at radius 1 is 1.00 bits per heavy atom. The molecule has 0 aliphatic rings. The van der Waals surface area contributed by atoms with Crippen LogP contribution in [0.1, 0.15) is 25.8 Å². The van der Waals surface area contributed by atoms with Crippen molar-refractivity contribution in [3.63, 3.8) is 0 Å². The van der Waals surface area contributed by atoms with E-state index in [1.54, 1.807) is 0 Å². The van der Waals surface area contributed by atoms with Gasteiger partial charge in [0.05, 0.1) is 0 Å². The van der Waals surface area contributed by atoms with Crippen molar-refractivity contribution in [3.05, 3.63) is 102 Å². The molecule has 126 valence electrons. The normalized spacial score (nSPS) is 12.9. The molecule has 1 nitrogen and oxygen atoms in total. The van der Waals surface area contributed by atoms with Crippen LogP contribution in [-0.2, 0) is 0 Å². The van der Waals surface area contributed by atoms with E-state index in [2.05, 4.69) is 80.2 Å². The number of nitrogens with zero attached hydrogens (tertiary/aromatic N) is 1. The molecule has 1 rings (SSSR count). The number of allylic oxidation sites excluding steroid dienone is 10. The van der Waals surface area contributed by atoms with Gasteiger partial charge in [-0.3, -0.25) is 0 Å². The van der Waals surface area contributed by atoms with E-state index in [9.17, 15) is 0 Å². The van der Waals surface area contributed by atoms with Crippen LogP contribution in [0, 0.1) is 6.92 Å². The highest BCUT2D eigenvalue weighted by atomic mass is 15.1. The molecular weight excluding hydrogens is 290 g/mol. The molecule has 1 aromatic rings. The molecule has 0 fully saturated rings. The summed E-state index contributed by atoms with van der Waals surface area (Å²) in [4.78, 5) is 2.13. The third-order valence-corrected chi connectivity index (χ3v) is 3.57. The zero-order valence-corrected chi connectivity index (χ0v) is 15.4. The third kappa shape index (κ3) is 7.15. The molecule has 1 heteroatoms. The summed E-state index contributed by atoms with van der Waals surface area (Å²) in [5, 5.41) is 0. The lowest BCUT2D eigenvalue weighted by molar-refractivity contribution is 1.16. The van der Waals surface area contributed by atoms with Gasteiger partial charge >= 0.3 is 0 Å². The summed E-state index contributed by atoms with van der Waals surface area (Å²) in [5.41, 5.74) is 4.65. The minimum atomic E-state index is 0.831. The molecule has 0 N–H and O–H groups in total. The maximum Gasteiger partial charge on any atom is 0.0403 e. The lowest BCUT2D eigenvalue weighted by Gasteiger charge is -2.17. The van der Waals surface area contributed by atoms with E-state index in [4.69, 9.17) is 0 Å². The highest BCUT2D eigenvalue weighted by Gasteiger charge is 2.02. The average molecular weight is 319 g/mol. The number of aryl methyl sites for hydroxylation is 1. The molecule has 0 atom stereocenters. The van der Waals surface area contributed by atoms with Gasteiger partial charge in [-0.1, -0.05) is 72.9 Å². The van der Waals surface area contributed by atoms with E-state index in [1.807, 2.05) is 38.2 Å². The maximum absolute atomic E-state index is 4.25. The minimum absolute atomic E-state index is 0.831. The maximum atomic E-state index is 4.25. The number of hydrogen-bond acceptors (Lipinski definition) is 1. The van der Waals surface area contributed by atoms with Crippen molar-refractivity contribution in [1.29, 1.82) is 0 Å². The van der Waals surface area contributed by atoms with Crippen molar-refractivity contribution in [2.45, 2.75) is 27.2 Å². The molecule has 0 unspecified atom stereocenters. The van der Waals surface area contributed by atoms with Crippen LogP contribution in [0.25, 0.3) is 0 Å². The van der Waals surface area contributed by atoms with Gasteiger partial charge in [-0.25, -0.2) is 0 Å². The van der Waals surface area contributed by atoms with E-state index in [1.165, 1.54) is 5.56 Å². The first-order valence-corrected chi connectivity index (χ1v) is 8.35. The lowest BCUT2D eigenvalue weighted by Crippen LogP contribution is -2.09. The summed E-state index contributed by atoms with van der Waals surface area (Å²) in [6.45, 7) is 10.4. The second kappa shape index (κ2) is 11.1. The van der Waals surface area contributed by atoms with Crippen LogP contribution >= 0.6 is 0 Å². The lowest BCUT2D eigenvalue weighted by atomic mass is 10.0. The summed E-state index contributed by atoms with van der Waals surface area (Å²) >= 11 is 0. The van der Waals surface area contributed by atoms with Crippen molar-refractivity contribution in [2.24, 2.45) is 0 Å². The van der Waals surface area contributed by atoms with Crippen LogP contribution in [0.4, 0.5) is 5.69 Å². The summed E-state index contributed by atoms with van der Waals surface area (Å²) in [6.07, 6.45) is 19.4. The minimum Gasteiger partial charge on any atom is -0.350 e. The Labute approximate surface area is 147 Å². The summed E-state index contributed by atoms with van der Waals surface area (Å²) in [6, 6.07) is 8.52. The van der Waals surface area contributed by atoms with Crippen molar-refractivity contribution in [1.82, 2.24) is 0 Å². The first-order valence-electron chi connectivity index (χ1n) is 8.35. The van der Waals surface area contributed by atoms with Crippen LogP contribution < -0.4 is 4.90 Å². The number of hydrogen-bond donors (Lipinski definition) is 0. The van der Waals surface area contributed by atoms with Gasteiger partial charge in [-0.15, -0.1) is 0 Å². The Morgan fingerprint density at radius 3 is 2.25 bits per heavy atom. The van der Waals surface area contributed by atoms with Gasteiger partial charge in [0.1, 0.15) is 0 Å². The SMILES string of the molecule is C=C(C/C=C\C=C/C)C(/C=C\C=C/C)=C\N(C)c1ccc(C)cc1. The van der Waals surface area contributed by atoms with Crippen LogP contribution in [-0.4, -0.2) is 7.05 Å². The Bertz CT molecular complexity index is 652. The Hall–Kier alpha value is -2.54. The zero-order chi connectivity index (χ0) is 17.8. The van der Waals surface area contributed by atoms with E-state index in [0.29, 0.717) is 0 Å². The molecule has 0 bridgehead atoms. The van der Waals surface area contributed by atoms with Crippen molar-refractivity contribution >= 4 is 5.69 Å². The van der Waals surface area contributed by atoms with E-state index in [0.717, 1.165) is 23.3 Å². The van der Waals surface area contributed by atoms with Gasteiger partial charge in [0.15, 0.2) is 0 Å². The monoisotopic (exact) mass is 319 g/mol. The first-order chi connectivity index (χ1) is 11.6. The fourth-order valence-corrected chi connectivity index (χ4v) is 2.10. The van der Waals surface area contributed by atoms with Crippen LogP contribution in [0.5, 0.6) is 0 Å². The molecule has 1 aromatic carbocycles. The quantitative estimate of drug-likeness (QED) is 0.493. The van der Waals surface area contributed by atoms with Gasteiger partial charge in [-0.05, 0) is 50.5 Å². The second-order valence-electron chi connectivity index (χ2n) is 5.68. The zero-order valence-electron chi connectivity index (χ0n) is 15.4. The highest BCUT2D eigenvalue weighted by molar-refractivity contribution is 5.53. The van der Waals surface area contributed by atoms with E-state index in [-0.39, 0.29) is 0 Å². The summed E-state index contributed by atoms with van der Waals surface area (Å²) in [7, 11) is 2.07. The largest absolute Gasteiger partial charge is 0.350 e. The first kappa shape index (κ1) is 19.5. The topological polar surface area (TPSA) is 3.24 Å². The fourth-order valence-electron chi connectivity index (χ4n) is 2.10. The molecule has 0 amide bonds. The Kier molecular flexibility index (Phi) is 8.99. The van der Waals surface area contributed by atoms with Crippen LogP contribution in [0.15, 0.2) is 96.8 Å². The molecule has 0 radical (unpaired) electrons. The highest BCUT2D eigenvalue weighted by Crippen LogP contribution is 2.19. The fraction of sp³-hybridized carbons (Fsp3) is 0.217. The molecular formula is C23H29N. The van der Waals surface area contributed by atoms with Crippen molar-refractivity contribution in [3.8, 4) is 0 Å². The van der Waals surface area contributed by atoms with Crippen LogP contribution in [0.2, 0.25) is 0 Å². The standard InChI is InChI=1S/C23H29N/c1-6-8-10-12-13-21(4)22(14-11-9-7-2)19-24(5)23-17-15-20(3)16-18-23/h6-12,14-19H,4,13H2,1-3,5H3/b8-6-,9-7-,12-10-,14-11-,22-19-. The molecule has 0 aliphatic carbocycles. The third-order valence-electron chi connectivity index (χ3n) is 3.57. The predicted octanol–water partition coefficient (Wildman–Crippen LogP) is 6.53. The van der Waals surface area contributed by atoms with Crippen molar-refractivity contribution < 1.29 is 0 Å². The number of benzene rings is 1. The van der Waals surface area contributed by atoms with E-state index >= 15 is 0 Å². The van der Waals surface area contributed by atoms with Crippen LogP contribution in [0.3, 0.4) is 0 Å². The molecule has 0 aliphatic heterocycles. The smallest absolute Gasteiger partial charge is 0.0403 e. The van der Waals surface area contributed by atoms with Gasteiger partial charge < -0.3 is 4.90 Å². The molecule has 0 heterocycles. The van der Waals surface area contributed by atoms with Crippen molar-refractivity contribution in [2.75, 3.05) is 11.9 Å². The average Bonchev–Trinajstić information content (AvgIpc) is 2.58. The molecule has 0 saturated carbocycles. The predicted molar refractivity (Wildman–Crippen MR) is 109 cm³/mol. The van der Waals surface area contributed by atoms with E-state index < -0.39 is 0 Å². The summed E-state index contributed by atoms with van der Waals surface area (Å²) < 4.78 is 0. The van der Waals surface area contributed by atoms with Gasteiger partial charge in [0.2, 0.25) is 0 Å². The molecule has 24 heavy (non-hydrogen) atoms. The summed E-state index contributed by atoms with van der Waals surface area (Å²) in [5.74, 6) is 0. The van der Waals surface area contributed by atoms with Gasteiger partial charge in [0.25, 0.3) is 0 Å². The van der Waals surface area contributed by atoms with Gasteiger partial charge in [-0.2, -0.15) is 0 Å². The number of anilines is 1. The molecule has 0 saturated heterocycles.